The average molecular weight is 325 g/mol. The molecule has 1 rings (SSSR count). The molecule has 0 spiro atoms. The molecule has 0 aliphatic rings. The number of ether oxygens (including phenoxy) is 2. The lowest BCUT2D eigenvalue weighted by Crippen LogP contribution is -2.33. The Bertz CT molecular complexity index is 580. The van der Waals surface area contributed by atoms with Gasteiger partial charge in [-0.15, -0.1) is 0 Å². The fraction of sp³-hybridized carbons (Fsp3) is 0.438. The number of hydrogen-bond donors (Lipinski definition) is 1. The van der Waals surface area contributed by atoms with Gasteiger partial charge in [0.25, 0.3) is 0 Å². The van der Waals surface area contributed by atoms with Crippen LogP contribution in [0.1, 0.15) is 37.6 Å². The minimum atomic E-state index is -0.647. The second-order valence-corrected chi connectivity index (χ2v) is 5.77. The Balaban J connectivity index is 2.27. The van der Waals surface area contributed by atoms with Gasteiger partial charge in [0.15, 0.2) is 12.4 Å². The Hall–Kier alpha value is -2.44. The third-order valence-corrected chi connectivity index (χ3v) is 2.51. The molecular weight excluding hydrogens is 305 g/mol. The van der Waals surface area contributed by atoms with Crippen molar-refractivity contribution in [3.8, 4) is 0 Å². The molecule has 0 saturated heterocycles. The quantitative estimate of drug-likeness (QED) is 0.642. The highest BCUT2D eigenvalue weighted by Gasteiger charge is 2.16. The van der Waals surface area contributed by atoms with Crippen molar-refractivity contribution in [3.63, 3.8) is 0 Å². The van der Waals surface area contributed by atoms with Crippen LogP contribution in [0, 0.1) is 5.82 Å². The van der Waals surface area contributed by atoms with Crippen molar-refractivity contribution in [1.29, 1.82) is 0 Å². The summed E-state index contributed by atoms with van der Waals surface area (Å²) in [6.07, 6.45) is -0.739. The normalized spacial score (nSPS) is 10.8. The summed E-state index contributed by atoms with van der Waals surface area (Å²) >= 11 is 0. The van der Waals surface area contributed by atoms with E-state index in [1.807, 2.05) is 0 Å². The highest BCUT2D eigenvalue weighted by molar-refractivity contribution is 5.97. The second kappa shape index (κ2) is 8.26. The van der Waals surface area contributed by atoms with Crippen LogP contribution in [-0.2, 0) is 14.3 Å². The lowest BCUT2D eigenvalue weighted by molar-refractivity contribution is -0.142. The smallest absolute Gasteiger partial charge is 0.407 e. The summed E-state index contributed by atoms with van der Waals surface area (Å²) < 4.78 is 22.7. The number of carbonyl (C=O) groups excluding carboxylic acids is 3. The number of benzene rings is 1. The monoisotopic (exact) mass is 325 g/mol. The molecule has 0 aliphatic carbocycles. The van der Waals surface area contributed by atoms with Gasteiger partial charge in [0.1, 0.15) is 11.4 Å². The second-order valence-electron chi connectivity index (χ2n) is 5.77. The first kappa shape index (κ1) is 18.6. The van der Waals surface area contributed by atoms with E-state index in [1.54, 1.807) is 20.8 Å². The van der Waals surface area contributed by atoms with Crippen LogP contribution < -0.4 is 5.32 Å². The molecule has 0 aromatic heterocycles. The molecule has 6 nitrogen and oxygen atoms in total. The summed E-state index contributed by atoms with van der Waals surface area (Å²) in [5.74, 6) is -1.69. The summed E-state index contributed by atoms with van der Waals surface area (Å²) in [4.78, 5) is 34.5. The van der Waals surface area contributed by atoms with Gasteiger partial charge in [-0.3, -0.25) is 9.59 Å². The number of nitrogens with one attached hydrogen (secondary N) is 1. The van der Waals surface area contributed by atoms with Gasteiger partial charge >= 0.3 is 12.1 Å². The highest BCUT2D eigenvalue weighted by atomic mass is 19.1. The van der Waals surface area contributed by atoms with E-state index in [0.717, 1.165) is 6.07 Å². The van der Waals surface area contributed by atoms with Gasteiger partial charge in [-0.05, 0) is 32.9 Å². The van der Waals surface area contributed by atoms with Crippen molar-refractivity contribution in [2.45, 2.75) is 32.8 Å². The fourth-order valence-corrected chi connectivity index (χ4v) is 1.54. The number of Topliss-reactive ketones (excluding diaryl/α,β-unsaturated/α-hetero) is 1. The molecule has 1 aromatic carbocycles. The fourth-order valence-electron chi connectivity index (χ4n) is 1.54. The molecule has 1 amide bonds. The minimum absolute atomic E-state index is 0.0297. The van der Waals surface area contributed by atoms with E-state index in [4.69, 9.17) is 9.47 Å². The van der Waals surface area contributed by atoms with Crippen molar-refractivity contribution in [1.82, 2.24) is 5.32 Å². The Morgan fingerprint density at radius 1 is 1.22 bits per heavy atom. The van der Waals surface area contributed by atoms with Crippen molar-refractivity contribution < 1.29 is 28.2 Å². The van der Waals surface area contributed by atoms with E-state index in [9.17, 15) is 18.8 Å². The molecule has 126 valence electrons. The van der Waals surface area contributed by atoms with E-state index in [0.29, 0.717) is 0 Å². The van der Waals surface area contributed by atoms with Crippen molar-refractivity contribution in [2.24, 2.45) is 0 Å². The molecule has 1 aromatic rings. The van der Waals surface area contributed by atoms with E-state index < -0.39 is 35.9 Å². The number of esters is 1. The number of carbonyl (C=O) groups is 3. The molecule has 1 N–H and O–H groups in total. The molecule has 0 radical (unpaired) electrons. The van der Waals surface area contributed by atoms with Gasteiger partial charge < -0.3 is 14.8 Å². The van der Waals surface area contributed by atoms with Crippen LogP contribution in [0.3, 0.4) is 0 Å². The molecule has 0 bridgehead atoms. The van der Waals surface area contributed by atoms with Crippen molar-refractivity contribution >= 4 is 17.8 Å². The van der Waals surface area contributed by atoms with Gasteiger partial charge in [0, 0.05) is 12.1 Å². The topological polar surface area (TPSA) is 81.7 Å². The van der Waals surface area contributed by atoms with E-state index >= 15 is 0 Å². The molecular formula is C16H20FNO5. The Labute approximate surface area is 134 Å². The lowest BCUT2D eigenvalue weighted by atomic mass is 10.1. The van der Waals surface area contributed by atoms with Crippen LogP contribution in [0.2, 0.25) is 0 Å². The van der Waals surface area contributed by atoms with Crippen molar-refractivity contribution in [2.75, 3.05) is 13.2 Å². The Kier molecular flexibility index (Phi) is 6.68. The van der Waals surface area contributed by atoms with Gasteiger partial charge in [0.05, 0.1) is 6.42 Å². The highest BCUT2D eigenvalue weighted by Crippen LogP contribution is 2.06. The first-order valence-corrected chi connectivity index (χ1v) is 7.08. The number of hydrogen-bond acceptors (Lipinski definition) is 5. The van der Waals surface area contributed by atoms with Crippen LogP contribution in [0.4, 0.5) is 9.18 Å². The van der Waals surface area contributed by atoms with Crippen LogP contribution in [0.5, 0.6) is 0 Å². The largest absolute Gasteiger partial charge is 0.457 e. The van der Waals surface area contributed by atoms with Crippen LogP contribution in [-0.4, -0.2) is 36.6 Å². The summed E-state index contributed by atoms with van der Waals surface area (Å²) in [6.45, 7) is 4.72. The zero-order chi connectivity index (χ0) is 17.5. The molecule has 0 atom stereocenters. The molecule has 0 heterocycles. The Morgan fingerprint density at radius 3 is 2.52 bits per heavy atom. The van der Waals surface area contributed by atoms with Crippen LogP contribution >= 0.6 is 0 Å². The van der Waals surface area contributed by atoms with Crippen LogP contribution in [0.15, 0.2) is 24.3 Å². The molecule has 0 unspecified atom stereocenters. The number of halogens is 1. The van der Waals surface area contributed by atoms with Crippen LogP contribution in [0.25, 0.3) is 0 Å². The molecule has 0 fully saturated rings. The third kappa shape index (κ3) is 7.94. The SMILES string of the molecule is CC(C)(C)OC(=O)NCCC(=O)OCC(=O)c1cccc(F)c1. The summed E-state index contributed by atoms with van der Waals surface area (Å²) in [6, 6.07) is 5.11. The third-order valence-electron chi connectivity index (χ3n) is 2.51. The van der Waals surface area contributed by atoms with E-state index in [2.05, 4.69) is 5.32 Å². The maximum atomic E-state index is 13.0. The molecule has 7 heteroatoms. The maximum Gasteiger partial charge on any atom is 0.407 e. The standard InChI is InChI=1S/C16H20FNO5/c1-16(2,3)23-15(21)18-8-7-14(20)22-10-13(19)11-5-4-6-12(17)9-11/h4-6,9H,7-8,10H2,1-3H3,(H,18,21). The van der Waals surface area contributed by atoms with E-state index in [-0.39, 0.29) is 18.5 Å². The predicted molar refractivity (Wildman–Crippen MR) is 80.5 cm³/mol. The number of rotatable bonds is 6. The zero-order valence-corrected chi connectivity index (χ0v) is 13.3. The average Bonchev–Trinajstić information content (AvgIpc) is 2.42. The molecule has 0 aliphatic heterocycles. The maximum absolute atomic E-state index is 13.0. The number of amides is 1. The summed E-state index contributed by atoms with van der Waals surface area (Å²) in [5.41, 5.74) is -0.494. The van der Waals surface area contributed by atoms with Crippen molar-refractivity contribution in [3.05, 3.63) is 35.6 Å². The predicted octanol–water partition coefficient (Wildman–Crippen LogP) is 2.47. The number of ketones is 1. The zero-order valence-electron chi connectivity index (χ0n) is 13.3. The first-order valence-electron chi connectivity index (χ1n) is 7.08. The van der Waals surface area contributed by atoms with Gasteiger partial charge in [0.2, 0.25) is 0 Å². The number of alkyl carbamates (subject to hydrolysis) is 1. The minimum Gasteiger partial charge on any atom is -0.457 e. The van der Waals surface area contributed by atoms with Gasteiger partial charge in [-0.1, -0.05) is 12.1 Å². The van der Waals surface area contributed by atoms with Gasteiger partial charge in [-0.25, -0.2) is 9.18 Å². The first-order chi connectivity index (χ1) is 10.7. The van der Waals surface area contributed by atoms with Gasteiger partial charge in [-0.2, -0.15) is 0 Å². The Morgan fingerprint density at radius 2 is 1.91 bits per heavy atom. The van der Waals surface area contributed by atoms with E-state index in [1.165, 1.54) is 18.2 Å². The molecule has 23 heavy (non-hydrogen) atoms. The lowest BCUT2D eigenvalue weighted by Gasteiger charge is -2.19. The summed E-state index contributed by atoms with van der Waals surface area (Å²) in [7, 11) is 0. The molecule has 0 saturated carbocycles. The summed E-state index contributed by atoms with van der Waals surface area (Å²) in [5, 5.41) is 2.40.